The van der Waals surface area contributed by atoms with E-state index in [-0.39, 0.29) is 0 Å². The second kappa shape index (κ2) is 5.60. The van der Waals surface area contributed by atoms with Gasteiger partial charge in [0.25, 0.3) is 0 Å². The maximum atomic E-state index is 9.62. The van der Waals surface area contributed by atoms with Crippen molar-refractivity contribution in [3.63, 3.8) is 0 Å². The van der Waals surface area contributed by atoms with E-state index >= 15 is 0 Å². The Morgan fingerprint density at radius 1 is 0.947 bits per heavy atom. The number of anilines is 1. The van der Waals surface area contributed by atoms with Crippen LogP contribution in [0.5, 0.6) is 0 Å². The molecule has 3 N–H and O–H groups in total. The summed E-state index contributed by atoms with van der Waals surface area (Å²) in [5.41, 5.74) is 4.27. The Morgan fingerprint density at radius 3 is 2.26 bits per heavy atom. The number of benzene rings is 2. The first-order valence-electron chi connectivity index (χ1n) is 5.83. The summed E-state index contributed by atoms with van der Waals surface area (Å²) >= 11 is 0. The summed E-state index contributed by atoms with van der Waals surface area (Å²) in [4.78, 5) is 0. The SMILES string of the molecule is CC(O)(O)c1ccccc1N=NNc1ccccc1. The summed E-state index contributed by atoms with van der Waals surface area (Å²) in [6.07, 6.45) is 0. The Bertz CT molecular complexity index is 562. The van der Waals surface area contributed by atoms with Crippen LogP contribution < -0.4 is 5.43 Å². The first kappa shape index (κ1) is 13.2. The molecule has 2 aromatic carbocycles. The molecule has 0 fully saturated rings. The summed E-state index contributed by atoms with van der Waals surface area (Å²) < 4.78 is 0. The lowest BCUT2D eigenvalue weighted by Crippen LogP contribution is -2.19. The van der Waals surface area contributed by atoms with Crippen molar-refractivity contribution in [1.29, 1.82) is 0 Å². The number of hydrogen-bond donors (Lipinski definition) is 3. The molecule has 19 heavy (non-hydrogen) atoms. The van der Waals surface area contributed by atoms with Crippen molar-refractivity contribution in [3.8, 4) is 0 Å². The molecule has 0 saturated carbocycles. The van der Waals surface area contributed by atoms with E-state index in [9.17, 15) is 10.2 Å². The van der Waals surface area contributed by atoms with Crippen LogP contribution in [-0.2, 0) is 5.79 Å². The van der Waals surface area contributed by atoms with E-state index in [0.717, 1.165) is 5.69 Å². The number of hydrogen-bond acceptors (Lipinski definition) is 4. The van der Waals surface area contributed by atoms with Crippen LogP contribution in [0.15, 0.2) is 64.9 Å². The van der Waals surface area contributed by atoms with Gasteiger partial charge in [-0.15, -0.1) is 5.11 Å². The smallest absolute Gasteiger partial charge is 0.188 e. The molecule has 2 rings (SSSR count). The average Bonchev–Trinajstić information content (AvgIpc) is 2.39. The first-order valence-corrected chi connectivity index (χ1v) is 5.83. The van der Waals surface area contributed by atoms with Gasteiger partial charge < -0.3 is 10.2 Å². The van der Waals surface area contributed by atoms with Crippen LogP contribution in [0.3, 0.4) is 0 Å². The standard InChI is InChI=1S/C14H15N3O2/c1-14(18,19)12-9-5-6-10-13(12)16-17-15-11-7-3-2-4-8-11/h2-10,18-19H,1H3,(H,15,16). The number of para-hydroxylation sites is 1. The minimum absolute atomic E-state index is 0.300. The average molecular weight is 257 g/mol. The second-order valence-electron chi connectivity index (χ2n) is 4.22. The van der Waals surface area contributed by atoms with Crippen molar-refractivity contribution >= 4 is 11.4 Å². The second-order valence-corrected chi connectivity index (χ2v) is 4.22. The van der Waals surface area contributed by atoms with Gasteiger partial charge in [-0.3, -0.25) is 5.43 Å². The summed E-state index contributed by atoms with van der Waals surface area (Å²) in [5, 5.41) is 27.0. The van der Waals surface area contributed by atoms with E-state index in [0.29, 0.717) is 11.3 Å². The van der Waals surface area contributed by atoms with Crippen molar-refractivity contribution < 1.29 is 10.2 Å². The number of rotatable bonds is 4. The molecule has 0 aromatic heterocycles. The van der Waals surface area contributed by atoms with Crippen LogP contribution in [0.2, 0.25) is 0 Å². The van der Waals surface area contributed by atoms with Gasteiger partial charge in [0.2, 0.25) is 0 Å². The topological polar surface area (TPSA) is 77.2 Å². The first-order chi connectivity index (χ1) is 9.07. The molecule has 0 radical (unpaired) electrons. The predicted molar refractivity (Wildman–Crippen MR) is 72.8 cm³/mol. The van der Waals surface area contributed by atoms with Gasteiger partial charge in [0.15, 0.2) is 5.79 Å². The Labute approximate surface area is 111 Å². The largest absolute Gasteiger partial charge is 0.362 e. The highest BCUT2D eigenvalue weighted by Gasteiger charge is 2.21. The molecule has 98 valence electrons. The van der Waals surface area contributed by atoms with Crippen LogP contribution in [0, 0.1) is 0 Å². The zero-order chi connectivity index (χ0) is 13.7. The van der Waals surface area contributed by atoms with Crippen molar-refractivity contribution in [2.24, 2.45) is 10.3 Å². The van der Waals surface area contributed by atoms with Gasteiger partial charge in [0.1, 0.15) is 0 Å². The van der Waals surface area contributed by atoms with E-state index in [1.807, 2.05) is 30.3 Å². The summed E-state index contributed by atoms with van der Waals surface area (Å²) in [7, 11) is 0. The van der Waals surface area contributed by atoms with Gasteiger partial charge in [0.05, 0.1) is 11.4 Å². The monoisotopic (exact) mass is 257 g/mol. The van der Waals surface area contributed by atoms with Crippen molar-refractivity contribution in [3.05, 3.63) is 60.2 Å². The fourth-order valence-corrected chi connectivity index (χ4v) is 1.61. The Kier molecular flexibility index (Phi) is 3.89. The Balaban J connectivity index is 2.16. The highest BCUT2D eigenvalue weighted by atomic mass is 16.5. The van der Waals surface area contributed by atoms with Gasteiger partial charge in [-0.2, -0.15) is 0 Å². The van der Waals surface area contributed by atoms with Gasteiger partial charge in [-0.1, -0.05) is 41.6 Å². The van der Waals surface area contributed by atoms with E-state index in [1.165, 1.54) is 6.92 Å². The molecule has 0 heterocycles. The van der Waals surface area contributed by atoms with Crippen LogP contribution in [-0.4, -0.2) is 10.2 Å². The van der Waals surface area contributed by atoms with Crippen LogP contribution in [0.25, 0.3) is 0 Å². The van der Waals surface area contributed by atoms with Gasteiger partial charge >= 0.3 is 0 Å². The predicted octanol–water partition coefficient (Wildman–Crippen LogP) is 2.95. The summed E-state index contributed by atoms with van der Waals surface area (Å²) in [6.45, 7) is 1.28. The Morgan fingerprint density at radius 2 is 1.58 bits per heavy atom. The molecule has 0 aliphatic heterocycles. The van der Waals surface area contributed by atoms with E-state index in [4.69, 9.17) is 0 Å². The lowest BCUT2D eigenvalue weighted by Gasteiger charge is -2.17. The molecular weight excluding hydrogens is 242 g/mol. The molecule has 0 saturated heterocycles. The molecular formula is C14H15N3O2. The number of nitrogens with one attached hydrogen (secondary N) is 1. The number of aliphatic hydroxyl groups is 2. The molecule has 0 atom stereocenters. The molecule has 2 aromatic rings. The lowest BCUT2D eigenvalue weighted by molar-refractivity contribution is -0.152. The third-order valence-electron chi connectivity index (χ3n) is 2.52. The van der Waals surface area contributed by atoms with Crippen molar-refractivity contribution in [2.45, 2.75) is 12.7 Å². The highest BCUT2D eigenvalue weighted by Crippen LogP contribution is 2.28. The maximum absolute atomic E-state index is 9.62. The lowest BCUT2D eigenvalue weighted by atomic mass is 10.1. The summed E-state index contributed by atoms with van der Waals surface area (Å²) in [5.74, 6) is -1.94. The zero-order valence-corrected chi connectivity index (χ0v) is 10.5. The van der Waals surface area contributed by atoms with E-state index < -0.39 is 5.79 Å². The van der Waals surface area contributed by atoms with E-state index in [2.05, 4.69) is 15.8 Å². The maximum Gasteiger partial charge on any atom is 0.188 e. The number of nitrogens with zero attached hydrogens (tertiary/aromatic N) is 2. The van der Waals surface area contributed by atoms with Crippen LogP contribution in [0.4, 0.5) is 11.4 Å². The van der Waals surface area contributed by atoms with Gasteiger partial charge in [-0.25, -0.2) is 0 Å². The molecule has 0 aliphatic rings. The molecule has 0 spiro atoms. The third kappa shape index (κ3) is 3.61. The molecule has 0 bridgehead atoms. The zero-order valence-electron chi connectivity index (χ0n) is 10.5. The molecule has 5 nitrogen and oxygen atoms in total. The minimum Gasteiger partial charge on any atom is -0.362 e. The molecule has 5 heteroatoms. The summed E-state index contributed by atoms with van der Waals surface area (Å²) in [6, 6.07) is 16.1. The van der Waals surface area contributed by atoms with Gasteiger partial charge in [-0.05, 0) is 25.1 Å². The minimum atomic E-state index is -1.94. The molecule has 0 amide bonds. The third-order valence-corrected chi connectivity index (χ3v) is 2.52. The highest BCUT2D eigenvalue weighted by molar-refractivity contribution is 5.47. The quantitative estimate of drug-likeness (QED) is 0.447. The molecule has 0 aliphatic carbocycles. The van der Waals surface area contributed by atoms with Crippen molar-refractivity contribution in [1.82, 2.24) is 0 Å². The van der Waals surface area contributed by atoms with Crippen molar-refractivity contribution in [2.75, 3.05) is 5.43 Å². The normalized spacial score (nSPS) is 11.7. The van der Waals surface area contributed by atoms with Crippen LogP contribution >= 0.6 is 0 Å². The van der Waals surface area contributed by atoms with E-state index in [1.54, 1.807) is 24.3 Å². The fourth-order valence-electron chi connectivity index (χ4n) is 1.61. The van der Waals surface area contributed by atoms with Crippen LogP contribution in [0.1, 0.15) is 12.5 Å². The Hall–Kier alpha value is -2.24. The molecule has 0 unspecified atom stereocenters. The fraction of sp³-hybridized carbons (Fsp3) is 0.143. The van der Waals surface area contributed by atoms with Gasteiger partial charge in [0, 0.05) is 5.56 Å².